The van der Waals surface area contributed by atoms with Crippen LogP contribution in [0.15, 0.2) is 67.3 Å². The van der Waals surface area contributed by atoms with E-state index in [1.165, 1.54) is 6.33 Å². The standard InChI is InChI=1S/C23H21N5O2/c1-15-5-4-6-18(11-15)23(29)27-19-7-9-20(10-8-19)30-22-12-21(24-13-25-22)28-14-26-16(2)17(28)3/h4-14H,1-3H3,(H,27,29). The lowest BCUT2D eigenvalue weighted by atomic mass is 10.1. The van der Waals surface area contributed by atoms with Crippen LogP contribution in [0, 0.1) is 20.8 Å². The van der Waals surface area contributed by atoms with Crippen molar-refractivity contribution in [1.29, 1.82) is 0 Å². The molecule has 2 aromatic carbocycles. The Balaban J connectivity index is 1.46. The fraction of sp³-hybridized carbons (Fsp3) is 0.130. The van der Waals surface area contributed by atoms with Gasteiger partial charge in [-0.3, -0.25) is 9.36 Å². The highest BCUT2D eigenvalue weighted by atomic mass is 16.5. The first-order valence-electron chi connectivity index (χ1n) is 9.48. The Morgan fingerprint density at radius 3 is 2.47 bits per heavy atom. The van der Waals surface area contributed by atoms with Crippen LogP contribution >= 0.6 is 0 Å². The van der Waals surface area contributed by atoms with Crippen LogP contribution in [0.3, 0.4) is 0 Å². The zero-order chi connectivity index (χ0) is 21.1. The summed E-state index contributed by atoms with van der Waals surface area (Å²) in [5.74, 6) is 1.55. The normalized spacial score (nSPS) is 10.6. The molecule has 0 saturated heterocycles. The van der Waals surface area contributed by atoms with Crippen molar-refractivity contribution in [2.45, 2.75) is 20.8 Å². The first-order chi connectivity index (χ1) is 14.5. The summed E-state index contributed by atoms with van der Waals surface area (Å²) in [4.78, 5) is 25.1. The Hall–Kier alpha value is -4.00. The second kappa shape index (κ2) is 8.16. The van der Waals surface area contributed by atoms with Gasteiger partial charge in [-0.1, -0.05) is 17.7 Å². The van der Waals surface area contributed by atoms with Crippen molar-refractivity contribution >= 4 is 11.6 Å². The van der Waals surface area contributed by atoms with E-state index < -0.39 is 0 Å². The Morgan fingerprint density at radius 2 is 1.77 bits per heavy atom. The number of amides is 1. The summed E-state index contributed by atoms with van der Waals surface area (Å²) in [6.45, 7) is 5.88. The van der Waals surface area contributed by atoms with E-state index in [0.717, 1.165) is 17.0 Å². The first-order valence-corrected chi connectivity index (χ1v) is 9.48. The van der Waals surface area contributed by atoms with Gasteiger partial charge in [0.05, 0.1) is 5.69 Å². The lowest BCUT2D eigenvalue weighted by Crippen LogP contribution is -2.11. The number of anilines is 1. The molecule has 150 valence electrons. The second-order valence-electron chi connectivity index (χ2n) is 6.95. The van der Waals surface area contributed by atoms with Crippen molar-refractivity contribution in [3.63, 3.8) is 0 Å². The summed E-state index contributed by atoms with van der Waals surface area (Å²) < 4.78 is 7.73. The van der Waals surface area contributed by atoms with Crippen LogP contribution in [0.4, 0.5) is 5.69 Å². The minimum absolute atomic E-state index is 0.154. The molecule has 0 atom stereocenters. The van der Waals surface area contributed by atoms with Crippen LogP contribution in [-0.2, 0) is 0 Å². The van der Waals surface area contributed by atoms with Gasteiger partial charge in [0.25, 0.3) is 5.91 Å². The van der Waals surface area contributed by atoms with E-state index >= 15 is 0 Å². The fourth-order valence-electron chi connectivity index (χ4n) is 2.96. The van der Waals surface area contributed by atoms with Gasteiger partial charge in [0, 0.05) is 23.0 Å². The molecule has 0 saturated carbocycles. The predicted octanol–water partition coefficient (Wildman–Crippen LogP) is 4.63. The molecule has 2 heterocycles. The highest BCUT2D eigenvalue weighted by Gasteiger charge is 2.09. The maximum absolute atomic E-state index is 12.4. The number of benzene rings is 2. The highest BCUT2D eigenvalue weighted by molar-refractivity contribution is 6.04. The number of aryl methyl sites for hydroxylation is 2. The SMILES string of the molecule is Cc1cccc(C(=O)Nc2ccc(Oc3cc(-n4cnc(C)c4C)ncn3)cc2)c1. The zero-order valence-electron chi connectivity index (χ0n) is 17.0. The molecule has 4 aromatic rings. The third-order valence-electron chi connectivity index (χ3n) is 4.74. The van der Waals surface area contributed by atoms with Crippen LogP contribution in [-0.4, -0.2) is 25.4 Å². The van der Waals surface area contributed by atoms with Gasteiger partial charge in [-0.15, -0.1) is 0 Å². The lowest BCUT2D eigenvalue weighted by Gasteiger charge is -2.09. The maximum atomic E-state index is 12.4. The van der Waals surface area contributed by atoms with Gasteiger partial charge >= 0.3 is 0 Å². The minimum Gasteiger partial charge on any atom is -0.439 e. The van der Waals surface area contributed by atoms with E-state index in [0.29, 0.717) is 28.7 Å². The number of hydrogen-bond donors (Lipinski definition) is 1. The third kappa shape index (κ3) is 4.20. The number of carbonyl (C=O) groups excluding carboxylic acids is 1. The number of nitrogens with zero attached hydrogens (tertiary/aromatic N) is 4. The Kier molecular flexibility index (Phi) is 5.26. The molecule has 0 aliphatic heterocycles. The number of imidazole rings is 1. The summed E-state index contributed by atoms with van der Waals surface area (Å²) in [6.07, 6.45) is 3.18. The smallest absolute Gasteiger partial charge is 0.255 e. The number of aromatic nitrogens is 4. The van der Waals surface area contributed by atoms with Gasteiger partial charge in [-0.25, -0.2) is 15.0 Å². The molecule has 0 aliphatic carbocycles. The molecule has 0 radical (unpaired) electrons. The third-order valence-corrected chi connectivity index (χ3v) is 4.74. The molecular formula is C23H21N5O2. The summed E-state index contributed by atoms with van der Waals surface area (Å²) in [5, 5.41) is 2.89. The predicted molar refractivity (Wildman–Crippen MR) is 114 cm³/mol. The number of hydrogen-bond acceptors (Lipinski definition) is 5. The Labute approximate surface area is 174 Å². The molecular weight excluding hydrogens is 378 g/mol. The van der Waals surface area contributed by atoms with Gasteiger partial charge in [0.15, 0.2) is 0 Å². The van der Waals surface area contributed by atoms with Crippen molar-refractivity contribution in [2.75, 3.05) is 5.32 Å². The van der Waals surface area contributed by atoms with E-state index in [1.807, 2.05) is 43.5 Å². The minimum atomic E-state index is -0.154. The van der Waals surface area contributed by atoms with Gasteiger partial charge in [0.2, 0.25) is 5.88 Å². The second-order valence-corrected chi connectivity index (χ2v) is 6.95. The first kappa shape index (κ1) is 19.3. The largest absolute Gasteiger partial charge is 0.439 e. The van der Waals surface area contributed by atoms with E-state index in [9.17, 15) is 4.79 Å². The summed E-state index contributed by atoms with van der Waals surface area (Å²) >= 11 is 0. The van der Waals surface area contributed by atoms with Gasteiger partial charge < -0.3 is 10.1 Å². The van der Waals surface area contributed by atoms with Crippen LogP contribution in [0.25, 0.3) is 5.82 Å². The van der Waals surface area contributed by atoms with E-state index in [4.69, 9.17) is 4.74 Å². The highest BCUT2D eigenvalue weighted by Crippen LogP contribution is 2.23. The fourth-order valence-corrected chi connectivity index (χ4v) is 2.96. The van der Waals surface area contributed by atoms with E-state index in [1.54, 1.807) is 42.7 Å². The summed E-state index contributed by atoms with van der Waals surface area (Å²) in [7, 11) is 0. The van der Waals surface area contributed by atoms with Gasteiger partial charge in [0.1, 0.15) is 24.2 Å². The van der Waals surface area contributed by atoms with Crippen LogP contribution in [0.1, 0.15) is 27.3 Å². The van der Waals surface area contributed by atoms with Crippen molar-refractivity contribution in [2.24, 2.45) is 0 Å². The molecule has 0 bridgehead atoms. The quantitative estimate of drug-likeness (QED) is 0.529. The lowest BCUT2D eigenvalue weighted by molar-refractivity contribution is 0.102. The van der Waals surface area contributed by atoms with Gasteiger partial charge in [-0.05, 0) is 57.2 Å². The molecule has 0 aliphatic rings. The zero-order valence-corrected chi connectivity index (χ0v) is 17.0. The molecule has 0 spiro atoms. The summed E-state index contributed by atoms with van der Waals surface area (Å²) in [6, 6.07) is 16.3. The van der Waals surface area contributed by atoms with Crippen molar-refractivity contribution < 1.29 is 9.53 Å². The number of nitrogens with one attached hydrogen (secondary N) is 1. The van der Waals surface area contributed by atoms with Crippen LogP contribution in [0.5, 0.6) is 11.6 Å². The average Bonchev–Trinajstić information content (AvgIpc) is 3.08. The van der Waals surface area contributed by atoms with Gasteiger partial charge in [-0.2, -0.15) is 0 Å². The molecule has 1 N–H and O–H groups in total. The maximum Gasteiger partial charge on any atom is 0.255 e. The summed E-state index contributed by atoms with van der Waals surface area (Å²) in [5.41, 5.74) is 4.29. The molecule has 0 fully saturated rings. The number of rotatable bonds is 5. The number of carbonyl (C=O) groups is 1. The molecule has 7 nitrogen and oxygen atoms in total. The van der Waals surface area contributed by atoms with E-state index in [-0.39, 0.29) is 5.91 Å². The molecule has 4 rings (SSSR count). The molecule has 30 heavy (non-hydrogen) atoms. The van der Waals surface area contributed by atoms with E-state index in [2.05, 4.69) is 20.3 Å². The van der Waals surface area contributed by atoms with Crippen molar-refractivity contribution in [3.05, 3.63) is 89.8 Å². The Bertz CT molecular complexity index is 1200. The van der Waals surface area contributed by atoms with Crippen molar-refractivity contribution in [3.8, 4) is 17.4 Å². The topological polar surface area (TPSA) is 81.9 Å². The van der Waals surface area contributed by atoms with Crippen LogP contribution < -0.4 is 10.1 Å². The number of ether oxygens (including phenoxy) is 1. The Morgan fingerprint density at radius 1 is 0.967 bits per heavy atom. The monoisotopic (exact) mass is 399 g/mol. The average molecular weight is 399 g/mol. The molecule has 1 amide bonds. The molecule has 7 heteroatoms. The molecule has 2 aromatic heterocycles. The van der Waals surface area contributed by atoms with Crippen molar-refractivity contribution in [1.82, 2.24) is 19.5 Å². The van der Waals surface area contributed by atoms with Crippen LogP contribution in [0.2, 0.25) is 0 Å². The molecule has 0 unspecified atom stereocenters.